The minimum absolute atomic E-state index is 0.277. The van der Waals surface area contributed by atoms with Crippen LogP contribution in [0.15, 0.2) is 72.8 Å². The van der Waals surface area contributed by atoms with Gasteiger partial charge in [-0.05, 0) is 97.8 Å². The van der Waals surface area contributed by atoms with Gasteiger partial charge in [-0.3, -0.25) is 20.2 Å². The number of rotatable bonds is 6. The van der Waals surface area contributed by atoms with Gasteiger partial charge in [0.25, 0.3) is 11.8 Å². The Morgan fingerprint density at radius 1 is 0.659 bits per heavy atom. The predicted octanol–water partition coefficient (Wildman–Crippen LogP) is 9.13. The number of nitrogens with zero attached hydrogens (tertiary/aromatic N) is 2. The molecule has 0 saturated heterocycles. The number of aryl methyl sites for hydroxylation is 2. The Hall–Kier alpha value is -4.02. The predicted molar refractivity (Wildman–Crippen MR) is 168 cm³/mol. The first-order valence-corrected chi connectivity index (χ1v) is 14.7. The van der Waals surface area contributed by atoms with Crippen LogP contribution in [0.2, 0.25) is 10.0 Å². The van der Waals surface area contributed by atoms with E-state index in [0.29, 0.717) is 42.9 Å². The van der Waals surface area contributed by atoms with E-state index in [9.17, 15) is 9.59 Å². The van der Waals surface area contributed by atoms with E-state index in [1.54, 1.807) is 48.5 Å². The molecule has 41 heavy (non-hydrogen) atoms. The van der Waals surface area contributed by atoms with Gasteiger partial charge in [0.15, 0.2) is 10.3 Å². The summed E-state index contributed by atoms with van der Waals surface area (Å²) in [6, 6.07) is 20.9. The van der Waals surface area contributed by atoms with Gasteiger partial charge in [-0.15, -0.1) is 0 Å². The SMILES string of the molecule is Cc1cc(Cl)cc2sc(NC(=O)c3ccc(Oc4ccc(C(=O)Nc5nc6c(C)cc(Cl)cc6s5)cc4)cc3)nc12. The van der Waals surface area contributed by atoms with Crippen molar-refractivity contribution >= 4 is 88.4 Å². The molecule has 0 unspecified atom stereocenters. The molecule has 0 saturated carbocycles. The van der Waals surface area contributed by atoms with E-state index < -0.39 is 0 Å². The number of fused-ring (bicyclic) bond motifs is 2. The second-order valence-electron chi connectivity index (χ2n) is 9.24. The van der Waals surface area contributed by atoms with E-state index >= 15 is 0 Å². The Morgan fingerprint density at radius 2 is 1.05 bits per heavy atom. The number of benzene rings is 4. The second-order valence-corrected chi connectivity index (χ2v) is 12.2. The number of hydrogen-bond donors (Lipinski definition) is 2. The molecular weight excluding hydrogens is 599 g/mol. The molecule has 0 aliphatic rings. The monoisotopic (exact) mass is 618 g/mol. The lowest BCUT2D eigenvalue weighted by Gasteiger charge is -2.08. The Kier molecular flexibility index (Phi) is 7.35. The number of anilines is 2. The molecule has 2 heterocycles. The molecule has 0 atom stereocenters. The quantitative estimate of drug-likeness (QED) is 0.194. The number of amides is 2. The van der Waals surface area contributed by atoms with Crippen molar-refractivity contribution in [3.63, 3.8) is 0 Å². The number of carbonyl (C=O) groups is 2. The zero-order chi connectivity index (χ0) is 28.7. The third kappa shape index (κ3) is 5.89. The second kappa shape index (κ2) is 11.1. The lowest BCUT2D eigenvalue weighted by atomic mass is 10.2. The van der Waals surface area contributed by atoms with E-state index in [0.717, 1.165) is 31.6 Å². The summed E-state index contributed by atoms with van der Waals surface area (Å²) < 4.78 is 7.73. The molecule has 4 aromatic carbocycles. The van der Waals surface area contributed by atoms with Crippen molar-refractivity contribution < 1.29 is 14.3 Å². The molecule has 6 rings (SSSR count). The van der Waals surface area contributed by atoms with Gasteiger partial charge in [0.05, 0.1) is 20.4 Å². The van der Waals surface area contributed by atoms with Crippen LogP contribution in [0.4, 0.5) is 10.3 Å². The van der Waals surface area contributed by atoms with Crippen LogP contribution >= 0.6 is 45.9 Å². The zero-order valence-electron chi connectivity index (χ0n) is 21.6. The average molecular weight is 620 g/mol. The Labute approximate surface area is 252 Å². The van der Waals surface area contributed by atoms with Crippen LogP contribution in [-0.4, -0.2) is 21.8 Å². The minimum Gasteiger partial charge on any atom is -0.457 e. The van der Waals surface area contributed by atoms with E-state index in [-0.39, 0.29) is 11.8 Å². The van der Waals surface area contributed by atoms with Crippen LogP contribution in [-0.2, 0) is 0 Å². The molecular formula is C30H20Cl2N4O3S2. The molecule has 0 aliphatic carbocycles. The normalized spacial score (nSPS) is 11.1. The fourth-order valence-corrected chi connectivity index (χ4v) is 6.87. The van der Waals surface area contributed by atoms with Crippen LogP contribution in [0.25, 0.3) is 20.4 Å². The van der Waals surface area contributed by atoms with Crippen molar-refractivity contribution in [1.29, 1.82) is 0 Å². The molecule has 11 heteroatoms. The van der Waals surface area contributed by atoms with E-state index in [4.69, 9.17) is 27.9 Å². The number of thiazole rings is 2. The number of nitrogens with one attached hydrogen (secondary N) is 2. The smallest absolute Gasteiger partial charge is 0.257 e. The molecule has 7 nitrogen and oxygen atoms in total. The van der Waals surface area contributed by atoms with Crippen molar-refractivity contribution in [2.24, 2.45) is 0 Å². The molecule has 0 bridgehead atoms. The number of carbonyl (C=O) groups excluding carboxylic acids is 2. The highest BCUT2D eigenvalue weighted by atomic mass is 35.5. The largest absolute Gasteiger partial charge is 0.457 e. The van der Waals surface area contributed by atoms with Crippen molar-refractivity contribution in [3.05, 3.63) is 105 Å². The summed E-state index contributed by atoms with van der Waals surface area (Å²) in [5.41, 5.74) is 4.47. The maximum Gasteiger partial charge on any atom is 0.257 e. The third-order valence-electron chi connectivity index (χ3n) is 6.21. The molecule has 6 aromatic rings. The number of ether oxygens (including phenoxy) is 1. The fraction of sp³-hybridized carbons (Fsp3) is 0.0667. The molecule has 0 radical (unpaired) electrons. The standard InChI is InChI=1S/C30H20Cl2N4O3S2/c1-15-11-19(31)13-23-25(15)33-29(40-23)35-27(37)17-3-7-21(8-4-17)39-22-9-5-18(6-10-22)28(38)36-30-34-26-16(2)12-20(32)14-24(26)41-30/h3-14H,1-2H3,(H,33,35,37)(H,34,36,38). The van der Waals surface area contributed by atoms with Gasteiger partial charge < -0.3 is 4.74 Å². The summed E-state index contributed by atoms with van der Waals surface area (Å²) in [6.07, 6.45) is 0. The molecule has 204 valence electrons. The lowest BCUT2D eigenvalue weighted by molar-refractivity contribution is 0.101. The maximum atomic E-state index is 12.8. The summed E-state index contributed by atoms with van der Waals surface area (Å²) >= 11 is 15.0. The highest BCUT2D eigenvalue weighted by Crippen LogP contribution is 2.33. The molecule has 0 fully saturated rings. The van der Waals surface area contributed by atoms with Gasteiger partial charge in [0, 0.05) is 21.2 Å². The third-order valence-corrected chi connectivity index (χ3v) is 8.48. The Bertz CT molecular complexity index is 1810. The molecule has 0 spiro atoms. The summed E-state index contributed by atoms with van der Waals surface area (Å²) in [6.45, 7) is 3.87. The first-order valence-electron chi connectivity index (χ1n) is 12.4. The van der Waals surface area contributed by atoms with Gasteiger partial charge in [-0.2, -0.15) is 0 Å². The minimum atomic E-state index is -0.277. The fourth-order valence-electron chi connectivity index (χ4n) is 4.24. The van der Waals surface area contributed by atoms with Gasteiger partial charge in [-0.25, -0.2) is 9.97 Å². The first-order chi connectivity index (χ1) is 19.7. The summed E-state index contributed by atoms with van der Waals surface area (Å²) in [4.78, 5) is 34.6. The van der Waals surface area contributed by atoms with Crippen molar-refractivity contribution in [1.82, 2.24) is 9.97 Å². The highest BCUT2D eigenvalue weighted by Gasteiger charge is 2.14. The number of halogens is 2. The van der Waals surface area contributed by atoms with E-state index in [1.807, 2.05) is 38.1 Å². The molecule has 2 aromatic heterocycles. The van der Waals surface area contributed by atoms with Gasteiger partial charge in [0.1, 0.15) is 11.5 Å². The van der Waals surface area contributed by atoms with Crippen molar-refractivity contribution in [2.45, 2.75) is 13.8 Å². The van der Waals surface area contributed by atoms with E-state index in [2.05, 4.69) is 20.6 Å². The maximum absolute atomic E-state index is 12.8. The number of hydrogen-bond acceptors (Lipinski definition) is 7. The molecule has 2 N–H and O–H groups in total. The lowest BCUT2D eigenvalue weighted by Crippen LogP contribution is -2.11. The van der Waals surface area contributed by atoms with Crippen LogP contribution < -0.4 is 15.4 Å². The highest BCUT2D eigenvalue weighted by molar-refractivity contribution is 7.22. The molecule has 0 aliphatic heterocycles. The van der Waals surface area contributed by atoms with Crippen molar-refractivity contribution in [2.75, 3.05) is 10.6 Å². The first kappa shape index (κ1) is 27.2. The summed E-state index contributed by atoms with van der Waals surface area (Å²) in [7, 11) is 0. The van der Waals surface area contributed by atoms with Gasteiger partial charge in [-0.1, -0.05) is 45.9 Å². The molecule has 2 amide bonds. The van der Waals surface area contributed by atoms with Crippen LogP contribution in [0.1, 0.15) is 31.8 Å². The summed E-state index contributed by atoms with van der Waals surface area (Å²) in [5.74, 6) is 0.544. The zero-order valence-corrected chi connectivity index (χ0v) is 24.8. The van der Waals surface area contributed by atoms with Gasteiger partial charge >= 0.3 is 0 Å². The van der Waals surface area contributed by atoms with E-state index in [1.165, 1.54) is 22.7 Å². The van der Waals surface area contributed by atoms with Gasteiger partial charge in [0.2, 0.25) is 0 Å². The van der Waals surface area contributed by atoms with Crippen LogP contribution in [0.3, 0.4) is 0 Å². The van der Waals surface area contributed by atoms with Crippen LogP contribution in [0, 0.1) is 13.8 Å². The van der Waals surface area contributed by atoms with Crippen molar-refractivity contribution in [3.8, 4) is 11.5 Å². The van der Waals surface area contributed by atoms with Crippen LogP contribution in [0.5, 0.6) is 11.5 Å². The Morgan fingerprint density at radius 3 is 1.44 bits per heavy atom. The Balaban J connectivity index is 1.08. The summed E-state index contributed by atoms with van der Waals surface area (Å²) in [5, 5.41) is 7.97. The topological polar surface area (TPSA) is 93.2 Å². The average Bonchev–Trinajstić information content (AvgIpc) is 3.53. The number of aromatic nitrogens is 2.